The summed E-state index contributed by atoms with van der Waals surface area (Å²) in [5, 5.41) is 6.91. The molecular weight excluding hydrogens is 469 g/mol. The molecule has 0 unspecified atom stereocenters. The molecule has 1 fully saturated rings. The normalized spacial score (nSPS) is 14.2. The first-order valence-electron chi connectivity index (χ1n) is 12.4. The van der Waals surface area contributed by atoms with E-state index in [4.69, 9.17) is 0 Å². The highest BCUT2D eigenvalue weighted by molar-refractivity contribution is 6.04. The number of nitrogens with zero attached hydrogens (tertiary/aromatic N) is 5. The van der Waals surface area contributed by atoms with Crippen LogP contribution in [0.3, 0.4) is 0 Å². The van der Waals surface area contributed by atoms with Crippen molar-refractivity contribution < 1.29 is 9.18 Å². The number of carbonyl (C=O) groups is 1. The number of halogens is 1. The van der Waals surface area contributed by atoms with Crippen LogP contribution in [0.15, 0.2) is 61.1 Å². The van der Waals surface area contributed by atoms with Gasteiger partial charge in [0.2, 0.25) is 0 Å². The van der Waals surface area contributed by atoms with Gasteiger partial charge >= 0.3 is 0 Å². The second-order valence-electron chi connectivity index (χ2n) is 9.66. The quantitative estimate of drug-likeness (QED) is 0.399. The van der Waals surface area contributed by atoms with Gasteiger partial charge in [0.25, 0.3) is 5.91 Å². The van der Waals surface area contributed by atoms with E-state index in [-0.39, 0.29) is 17.8 Å². The minimum atomic E-state index is -0.322. The Kier molecular flexibility index (Phi) is 6.96. The van der Waals surface area contributed by atoms with Gasteiger partial charge in [0.15, 0.2) is 0 Å². The predicted molar refractivity (Wildman–Crippen MR) is 146 cm³/mol. The third-order valence-electron chi connectivity index (χ3n) is 6.33. The van der Waals surface area contributed by atoms with Crippen molar-refractivity contribution >= 4 is 34.1 Å². The zero-order chi connectivity index (χ0) is 25.9. The molecular formula is C28H30FN7O. The molecule has 3 aromatic heterocycles. The number of anilines is 3. The Hall–Kier alpha value is -4.11. The van der Waals surface area contributed by atoms with E-state index in [0.29, 0.717) is 28.1 Å². The number of amides is 1. The Morgan fingerprint density at radius 3 is 2.54 bits per heavy atom. The number of pyridine rings is 3. The number of piperazine rings is 1. The second-order valence-corrected chi connectivity index (χ2v) is 9.66. The number of rotatable bonds is 6. The maximum atomic E-state index is 14.3. The van der Waals surface area contributed by atoms with Crippen LogP contribution in [0.5, 0.6) is 0 Å². The van der Waals surface area contributed by atoms with Gasteiger partial charge in [-0.2, -0.15) is 0 Å². The molecule has 0 radical (unpaired) electrons. The van der Waals surface area contributed by atoms with Crippen molar-refractivity contribution in [2.24, 2.45) is 0 Å². The fraction of sp³-hybridized carbons (Fsp3) is 0.286. The highest BCUT2D eigenvalue weighted by Crippen LogP contribution is 2.27. The number of fused-ring (bicyclic) bond motifs is 1. The molecule has 5 rings (SSSR count). The fourth-order valence-electron chi connectivity index (χ4n) is 4.39. The average Bonchev–Trinajstić information content (AvgIpc) is 2.88. The van der Waals surface area contributed by atoms with E-state index in [2.05, 4.69) is 42.4 Å². The summed E-state index contributed by atoms with van der Waals surface area (Å²) in [6.45, 7) is 7.67. The molecule has 0 spiro atoms. The number of nitrogens with one attached hydrogen (secondary N) is 2. The molecule has 0 bridgehead atoms. The third kappa shape index (κ3) is 5.83. The zero-order valence-corrected chi connectivity index (χ0v) is 21.2. The molecule has 8 nitrogen and oxygen atoms in total. The summed E-state index contributed by atoms with van der Waals surface area (Å²) in [4.78, 5) is 30.8. The van der Waals surface area contributed by atoms with Gasteiger partial charge in [-0.15, -0.1) is 0 Å². The summed E-state index contributed by atoms with van der Waals surface area (Å²) < 4.78 is 14.3. The molecule has 1 aliphatic heterocycles. The number of aromatic nitrogens is 3. The van der Waals surface area contributed by atoms with E-state index in [9.17, 15) is 9.18 Å². The molecule has 0 atom stereocenters. The van der Waals surface area contributed by atoms with Crippen molar-refractivity contribution in [2.75, 3.05) is 48.8 Å². The van der Waals surface area contributed by atoms with Crippen molar-refractivity contribution in [1.29, 1.82) is 0 Å². The van der Waals surface area contributed by atoms with Crippen LogP contribution in [-0.4, -0.2) is 65.0 Å². The SMILES string of the molecule is CC(C)Nc1cc(F)cc(-c2cnc3cnc(NC(=O)c4ccnc(N5CCN(C)CC5)c4)cc3c2)c1. The van der Waals surface area contributed by atoms with Crippen LogP contribution in [0.25, 0.3) is 22.0 Å². The zero-order valence-electron chi connectivity index (χ0n) is 21.2. The van der Waals surface area contributed by atoms with Crippen LogP contribution in [0.1, 0.15) is 24.2 Å². The Balaban J connectivity index is 1.36. The van der Waals surface area contributed by atoms with Crippen molar-refractivity contribution in [3.8, 4) is 11.1 Å². The van der Waals surface area contributed by atoms with Gasteiger partial charge in [-0.05, 0) is 68.9 Å². The predicted octanol–water partition coefficient (Wildman–Crippen LogP) is 4.66. The van der Waals surface area contributed by atoms with Gasteiger partial charge < -0.3 is 20.4 Å². The van der Waals surface area contributed by atoms with Crippen LogP contribution in [0, 0.1) is 5.82 Å². The molecule has 4 heterocycles. The van der Waals surface area contributed by atoms with E-state index >= 15 is 0 Å². The minimum Gasteiger partial charge on any atom is -0.383 e. The van der Waals surface area contributed by atoms with Crippen LogP contribution >= 0.6 is 0 Å². The molecule has 1 amide bonds. The number of hydrogen-bond donors (Lipinski definition) is 2. The van der Waals surface area contributed by atoms with E-state index in [0.717, 1.165) is 42.9 Å². The van der Waals surface area contributed by atoms with Gasteiger partial charge in [-0.25, -0.2) is 14.4 Å². The van der Waals surface area contributed by atoms with Crippen LogP contribution in [0.2, 0.25) is 0 Å². The first-order chi connectivity index (χ1) is 17.8. The molecule has 4 aromatic rings. The van der Waals surface area contributed by atoms with Crippen molar-refractivity contribution in [3.05, 3.63) is 72.4 Å². The van der Waals surface area contributed by atoms with E-state index in [1.165, 1.54) is 12.1 Å². The lowest BCUT2D eigenvalue weighted by atomic mass is 10.0. The topological polar surface area (TPSA) is 86.3 Å². The van der Waals surface area contributed by atoms with Crippen molar-refractivity contribution in [1.82, 2.24) is 19.9 Å². The number of likely N-dealkylation sites (N-methyl/N-ethyl adjacent to an activating group) is 1. The molecule has 37 heavy (non-hydrogen) atoms. The lowest BCUT2D eigenvalue weighted by molar-refractivity contribution is 0.102. The van der Waals surface area contributed by atoms with E-state index in [1.807, 2.05) is 32.0 Å². The Morgan fingerprint density at radius 2 is 1.76 bits per heavy atom. The fourth-order valence-corrected chi connectivity index (χ4v) is 4.39. The summed E-state index contributed by atoms with van der Waals surface area (Å²) in [6, 6.07) is 12.3. The van der Waals surface area contributed by atoms with E-state index < -0.39 is 0 Å². The highest BCUT2D eigenvalue weighted by Gasteiger charge is 2.17. The molecule has 2 N–H and O–H groups in total. The molecule has 0 aliphatic carbocycles. The lowest BCUT2D eigenvalue weighted by Crippen LogP contribution is -2.44. The summed E-state index contributed by atoms with van der Waals surface area (Å²) in [6.07, 6.45) is 4.98. The first-order valence-corrected chi connectivity index (χ1v) is 12.4. The second kappa shape index (κ2) is 10.5. The molecule has 0 saturated carbocycles. The molecule has 1 saturated heterocycles. The van der Waals surface area contributed by atoms with Gasteiger partial charge in [0.1, 0.15) is 17.5 Å². The number of benzene rings is 1. The highest BCUT2D eigenvalue weighted by atomic mass is 19.1. The minimum absolute atomic E-state index is 0.180. The Morgan fingerprint density at radius 1 is 0.946 bits per heavy atom. The van der Waals surface area contributed by atoms with E-state index in [1.54, 1.807) is 30.7 Å². The maximum absolute atomic E-state index is 14.3. The first kappa shape index (κ1) is 24.6. The maximum Gasteiger partial charge on any atom is 0.257 e. The lowest BCUT2D eigenvalue weighted by Gasteiger charge is -2.33. The Labute approximate surface area is 215 Å². The Bertz CT molecular complexity index is 1430. The van der Waals surface area contributed by atoms with Gasteiger partial charge in [0.05, 0.1) is 11.7 Å². The van der Waals surface area contributed by atoms with Gasteiger partial charge in [-0.1, -0.05) is 0 Å². The molecule has 1 aromatic carbocycles. The van der Waals surface area contributed by atoms with Crippen molar-refractivity contribution in [2.45, 2.75) is 19.9 Å². The molecule has 1 aliphatic rings. The summed E-state index contributed by atoms with van der Waals surface area (Å²) in [5.41, 5.74) is 3.39. The summed E-state index contributed by atoms with van der Waals surface area (Å²) in [7, 11) is 2.10. The van der Waals surface area contributed by atoms with Crippen LogP contribution in [0.4, 0.5) is 21.7 Å². The monoisotopic (exact) mass is 499 g/mol. The van der Waals surface area contributed by atoms with Crippen molar-refractivity contribution in [3.63, 3.8) is 0 Å². The van der Waals surface area contributed by atoms with Crippen LogP contribution < -0.4 is 15.5 Å². The van der Waals surface area contributed by atoms with Gasteiger partial charge in [0, 0.05) is 66.8 Å². The summed E-state index contributed by atoms with van der Waals surface area (Å²) in [5.74, 6) is 0.623. The smallest absolute Gasteiger partial charge is 0.257 e. The third-order valence-corrected chi connectivity index (χ3v) is 6.33. The average molecular weight is 500 g/mol. The summed E-state index contributed by atoms with van der Waals surface area (Å²) >= 11 is 0. The largest absolute Gasteiger partial charge is 0.383 e. The number of carbonyl (C=O) groups excluding carboxylic acids is 1. The van der Waals surface area contributed by atoms with Crippen LogP contribution in [-0.2, 0) is 0 Å². The van der Waals surface area contributed by atoms with Gasteiger partial charge in [-0.3, -0.25) is 9.78 Å². The standard InChI is InChI=1S/C28H30FN7O/c1-18(2)33-24-12-20(11-23(29)15-24)22-10-21-13-26(32-17-25(21)31-16-22)34-28(37)19-4-5-30-27(14-19)36-8-6-35(3)7-9-36/h4-5,10-18,33H,6-9H2,1-3H3,(H,32,34,37). The molecule has 190 valence electrons. The molecule has 9 heteroatoms. The number of hydrogen-bond acceptors (Lipinski definition) is 7.